The first-order valence-corrected chi connectivity index (χ1v) is 8.23. The zero-order valence-electron chi connectivity index (χ0n) is 13.9. The number of carbonyl (C=O) groups excluding carboxylic acids is 2. The molecule has 0 spiro atoms. The quantitative estimate of drug-likeness (QED) is 0.734. The fourth-order valence-electron chi connectivity index (χ4n) is 3.33. The van der Waals surface area contributed by atoms with Crippen LogP contribution in [0.5, 0.6) is 5.75 Å². The van der Waals surface area contributed by atoms with E-state index in [1.165, 1.54) is 0 Å². The molecule has 0 bridgehead atoms. The number of rotatable bonds is 3. The molecule has 1 aromatic heterocycles. The summed E-state index contributed by atoms with van der Waals surface area (Å²) in [4.78, 5) is 39.3. The number of H-pyrrole nitrogens is 1. The van der Waals surface area contributed by atoms with Gasteiger partial charge in [0.15, 0.2) is 11.2 Å². The van der Waals surface area contributed by atoms with Gasteiger partial charge in [0, 0.05) is 5.39 Å². The molecule has 0 unspecified atom stereocenters. The van der Waals surface area contributed by atoms with Crippen LogP contribution < -0.4 is 11.3 Å². The molecule has 132 valence electrons. The van der Waals surface area contributed by atoms with E-state index >= 15 is 0 Å². The summed E-state index contributed by atoms with van der Waals surface area (Å²) >= 11 is 0. The summed E-state index contributed by atoms with van der Waals surface area (Å²) in [6, 6.07) is 5.08. The number of aryl methyl sites for hydroxylation is 1. The Morgan fingerprint density at radius 2 is 1.92 bits per heavy atom. The fourth-order valence-corrected chi connectivity index (χ4v) is 3.33. The zero-order valence-corrected chi connectivity index (χ0v) is 13.9. The van der Waals surface area contributed by atoms with Gasteiger partial charge in [0.1, 0.15) is 5.75 Å². The Labute approximate surface area is 143 Å². The molecule has 1 heterocycles. The van der Waals surface area contributed by atoms with E-state index in [2.05, 4.69) is 4.98 Å². The van der Waals surface area contributed by atoms with Crippen molar-refractivity contribution in [2.24, 2.45) is 5.73 Å². The normalized spacial score (nSPS) is 16.5. The first-order valence-electron chi connectivity index (χ1n) is 8.23. The molecule has 0 atom stereocenters. The van der Waals surface area contributed by atoms with Gasteiger partial charge in [-0.3, -0.25) is 9.59 Å². The van der Waals surface area contributed by atoms with Crippen LogP contribution in [0.15, 0.2) is 23.0 Å². The number of carbonyl (C=O) groups is 2. The number of pyridine rings is 1. The highest BCUT2D eigenvalue weighted by Crippen LogP contribution is 2.33. The highest BCUT2D eigenvalue weighted by atomic mass is 16.6. The zero-order chi connectivity index (χ0) is 18.2. The topological polar surface area (TPSA) is 122 Å². The van der Waals surface area contributed by atoms with Crippen molar-refractivity contribution in [3.05, 3.63) is 39.7 Å². The highest BCUT2D eigenvalue weighted by molar-refractivity contribution is 6.00. The van der Waals surface area contributed by atoms with Crippen LogP contribution in [0.2, 0.25) is 0 Å². The molecule has 1 aliphatic carbocycles. The number of primary amides is 1. The summed E-state index contributed by atoms with van der Waals surface area (Å²) in [6.07, 6.45) is 2.97. The molecule has 1 amide bonds. The number of esters is 1. The number of fused-ring (bicyclic) bond motifs is 1. The molecule has 25 heavy (non-hydrogen) atoms. The average Bonchev–Trinajstić information content (AvgIpc) is 2.56. The van der Waals surface area contributed by atoms with Crippen molar-refractivity contribution in [2.45, 2.75) is 44.6 Å². The monoisotopic (exact) mass is 344 g/mol. The molecule has 0 radical (unpaired) electrons. The molecule has 7 heteroatoms. The van der Waals surface area contributed by atoms with Gasteiger partial charge in [-0.25, -0.2) is 4.79 Å². The lowest BCUT2D eigenvalue weighted by atomic mass is 9.84. The predicted molar refractivity (Wildman–Crippen MR) is 91.4 cm³/mol. The Morgan fingerprint density at radius 3 is 2.56 bits per heavy atom. The summed E-state index contributed by atoms with van der Waals surface area (Å²) in [7, 11) is 0. The van der Waals surface area contributed by atoms with Crippen LogP contribution in [0.3, 0.4) is 0 Å². The van der Waals surface area contributed by atoms with Crippen molar-refractivity contribution < 1.29 is 19.4 Å². The summed E-state index contributed by atoms with van der Waals surface area (Å²) in [5.74, 6) is -2.22. The Balaban J connectivity index is 2.05. The fraction of sp³-hybridized carbons (Fsp3) is 0.389. The van der Waals surface area contributed by atoms with Crippen LogP contribution in [0.1, 0.15) is 48.0 Å². The number of aromatic amines is 1. The molecular weight excluding hydrogens is 324 g/mol. The lowest BCUT2D eigenvalue weighted by Crippen LogP contribution is -2.49. The standard InChI is InChI=1S/C18H20N2O5/c1-10-5-6-12-11(9-10)14(21)13(15(22)20-12)16(23)25-18(17(19)24)7-3-2-4-8-18/h5-6,9H,2-4,7-8H2,1H3,(H2,19,24)(H2,20,21,22). The molecule has 1 fully saturated rings. The van der Waals surface area contributed by atoms with E-state index in [0.717, 1.165) is 12.0 Å². The number of hydrogen-bond donors (Lipinski definition) is 3. The second kappa shape index (κ2) is 6.23. The van der Waals surface area contributed by atoms with Gasteiger partial charge in [0.05, 0.1) is 5.52 Å². The number of aromatic nitrogens is 1. The molecular formula is C18H20N2O5. The molecule has 2 aromatic rings. The molecule has 4 N–H and O–H groups in total. The van der Waals surface area contributed by atoms with Gasteiger partial charge in [-0.05, 0) is 44.7 Å². The maximum absolute atomic E-state index is 12.6. The molecule has 7 nitrogen and oxygen atoms in total. The second-order valence-corrected chi connectivity index (χ2v) is 6.54. The molecule has 1 saturated carbocycles. The predicted octanol–water partition coefficient (Wildman–Crippen LogP) is 1.89. The van der Waals surface area contributed by atoms with Crippen molar-refractivity contribution in [2.75, 3.05) is 0 Å². The van der Waals surface area contributed by atoms with Crippen LogP contribution in [-0.4, -0.2) is 27.6 Å². The first-order chi connectivity index (χ1) is 11.8. The lowest BCUT2D eigenvalue weighted by molar-refractivity contribution is -0.140. The number of ether oxygens (including phenoxy) is 1. The number of nitrogens with two attached hydrogens (primary N) is 1. The van der Waals surface area contributed by atoms with Gasteiger partial charge >= 0.3 is 5.97 Å². The lowest BCUT2D eigenvalue weighted by Gasteiger charge is -2.33. The number of amides is 1. The van der Waals surface area contributed by atoms with Crippen molar-refractivity contribution in [1.82, 2.24) is 4.98 Å². The molecule has 0 aliphatic heterocycles. The average molecular weight is 344 g/mol. The van der Waals surface area contributed by atoms with Crippen LogP contribution in [0.25, 0.3) is 10.9 Å². The number of nitrogens with one attached hydrogen (secondary N) is 1. The van der Waals surface area contributed by atoms with E-state index in [0.29, 0.717) is 36.6 Å². The second-order valence-electron chi connectivity index (χ2n) is 6.54. The van der Waals surface area contributed by atoms with E-state index < -0.39 is 34.3 Å². The highest BCUT2D eigenvalue weighted by Gasteiger charge is 2.42. The summed E-state index contributed by atoms with van der Waals surface area (Å²) in [5, 5.41) is 10.8. The van der Waals surface area contributed by atoms with Crippen molar-refractivity contribution in [3.63, 3.8) is 0 Å². The maximum Gasteiger partial charge on any atom is 0.348 e. The van der Waals surface area contributed by atoms with Gasteiger partial charge in [-0.2, -0.15) is 0 Å². The number of benzene rings is 1. The third kappa shape index (κ3) is 2.97. The van der Waals surface area contributed by atoms with E-state index in [-0.39, 0.29) is 0 Å². The van der Waals surface area contributed by atoms with Crippen LogP contribution in [-0.2, 0) is 9.53 Å². The van der Waals surface area contributed by atoms with Crippen LogP contribution in [0.4, 0.5) is 0 Å². The maximum atomic E-state index is 12.6. The SMILES string of the molecule is Cc1ccc2[nH]c(=O)c(C(=O)OC3(C(N)=O)CCCCC3)c(O)c2c1. The first kappa shape index (κ1) is 17.0. The Kier molecular flexibility index (Phi) is 4.24. The van der Waals surface area contributed by atoms with Crippen LogP contribution >= 0.6 is 0 Å². The Morgan fingerprint density at radius 1 is 1.24 bits per heavy atom. The van der Waals surface area contributed by atoms with Crippen LogP contribution in [0, 0.1) is 6.92 Å². The van der Waals surface area contributed by atoms with Gasteiger partial charge in [0.2, 0.25) is 0 Å². The number of hydrogen-bond acceptors (Lipinski definition) is 5. The van der Waals surface area contributed by atoms with E-state index in [1.54, 1.807) is 18.2 Å². The van der Waals surface area contributed by atoms with Gasteiger partial charge < -0.3 is 20.6 Å². The minimum absolute atomic E-state index is 0.319. The molecule has 1 aliphatic rings. The third-order valence-electron chi connectivity index (χ3n) is 4.74. The number of aromatic hydroxyl groups is 1. The van der Waals surface area contributed by atoms with Crippen molar-refractivity contribution in [1.29, 1.82) is 0 Å². The van der Waals surface area contributed by atoms with Crippen molar-refractivity contribution >= 4 is 22.8 Å². The minimum Gasteiger partial charge on any atom is -0.506 e. The Bertz CT molecular complexity index is 910. The van der Waals surface area contributed by atoms with Gasteiger partial charge in [-0.15, -0.1) is 0 Å². The third-order valence-corrected chi connectivity index (χ3v) is 4.74. The molecule has 3 rings (SSSR count). The smallest absolute Gasteiger partial charge is 0.348 e. The molecule has 1 aromatic carbocycles. The largest absolute Gasteiger partial charge is 0.506 e. The molecule has 0 saturated heterocycles. The minimum atomic E-state index is -1.42. The summed E-state index contributed by atoms with van der Waals surface area (Å²) in [6.45, 7) is 1.83. The van der Waals surface area contributed by atoms with Crippen molar-refractivity contribution in [3.8, 4) is 5.75 Å². The summed E-state index contributed by atoms with van der Waals surface area (Å²) in [5.41, 5.74) is 4.02. The van der Waals surface area contributed by atoms with E-state index in [1.807, 2.05) is 6.92 Å². The van der Waals surface area contributed by atoms with E-state index in [9.17, 15) is 19.5 Å². The van der Waals surface area contributed by atoms with Gasteiger partial charge in [0.25, 0.3) is 11.5 Å². The Hall–Kier alpha value is -2.83. The summed E-state index contributed by atoms with van der Waals surface area (Å²) < 4.78 is 5.37. The van der Waals surface area contributed by atoms with Gasteiger partial charge in [-0.1, -0.05) is 18.1 Å². The van der Waals surface area contributed by atoms with E-state index in [4.69, 9.17) is 10.5 Å².